The van der Waals surface area contributed by atoms with Crippen LogP contribution in [0.5, 0.6) is 0 Å². The van der Waals surface area contributed by atoms with Gasteiger partial charge in [0.2, 0.25) is 0 Å². The molecule has 0 saturated heterocycles. The van der Waals surface area contributed by atoms with Gasteiger partial charge >= 0.3 is 0 Å². The van der Waals surface area contributed by atoms with E-state index in [1.54, 1.807) is 0 Å². The highest BCUT2D eigenvalue weighted by Gasteiger charge is 2.25. The third-order valence-electron chi connectivity index (χ3n) is 13.8. The van der Waals surface area contributed by atoms with E-state index in [1.807, 2.05) is 18.2 Å². The van der Waals surface area contributed by atoms with E-state index < -0.39 is 0 Å². The van der Waals surface area contributed by atoms with Crippen LogP contribution in [0.3, 0.4) is 0 Å². The molecule has 0 bridgehead atoms. The topological polar surface area (TPSA) is 34.5 Å². The minimum Gasteiger partial charge on any atom is -0.455 e. The molecule has 0 aliphatic rings. The number of para-hydroxylation sites is 5. The summed E-state index contributed by atoms with van der Waals surface area (Å²) in [5.41, 5.74) is 16.4. The fourth-order valence-corrected chi connectivity index (χ4v) is 10.7. The Bertz CT molecular complexity index is 4220. The van der Waals surface area contributed by atoms with Crippen molar-refractivity contribution in [3.05, 3.63) is 243 Å². The van der Waals surface area contributed by atoms with Crippen molar-refractivity contribution < 1.29 is 8.83 Å². The molecule has 11 aromatic carbocycles. The Morgan fingerprint density at radius 3 is 1.65 bits per heavy atom. The van der Waals surface area contributed by atoms with Gasteiger partial charge in [-0.25, -0.2) is 0 Å². The fraction of sp³-hybridized carbons (Fsp3) is 0. The molecule has 14 aromatic rings. The number of fused-ring (bicyclic) bond motifs is 10. The molecule has 3 heterocycles. The maximum absolute atomic E-state index is 7.01. The van der Waals surface area contributed by atoms with Gasteiger partial charge in [0, 0.05) is 60.5 Å². The van der Waals surface area contributed by atoms with Gasteiger partial charge in [-0.05, 0) is 106 Å². The van der Waals surface area contributed by atoms with E-state index in [0.29, 0.717) is 0 Å². The number of aromatic nitrogens is 1. The smallest absolute Gasteiger partial charge is 0.145 e. The van der Waals surface area contributed by atoms with Crippen LogP contribution >= 0.6 is 0 Å². The SMILES string of the molecule is c1cc(-c2cccc3c2oc2ccccc23)cc(N(c2ccc(-c3cccc4ccccc34)cc2)c2ccc3c(oc4ccccc43)c2-c2cccc(-n3c4ccccc4c4ccccc43)c2)c1. The fourth-order valence-electron chi connectivity index (χ4n) is 10.7. The summed E-state index contributed by atoms with van der Waals surface area (Å²) in [5.74, 6) is 0. The quantitative estimate of drug-likeness (QED) is 0.160. The number of hydrogen-bond acceptors (Lipinski definition) is 3. The van der Waals surface area contributed by atoms with Crippen molar-refractivity contribution in [3.8, 4) is 39.1 Å². The molecule has 0 aliphatic carbocycles. The summed E-state index contributed by atoms with van der Waals surface area (Å²) in [6, 6.07) is 86.9. The third kappa shape index (κ3) is 5.94. The molecule has 14 rings (SSSR count). The molecule has 0 saturated carbocycles. The van der Waals surface area contributed by atoms with E-state index in [9.17, 15) is 0 Å². The number of anilines is 3. The van der Waals surface area contributed by atoms with E-state index >= 15 is 0 Å². The van der Waals surface area contributed by atoms with Crippen LogP contribution in [0.25, 0.3) is 116 Å². The first-order chi connectivity index (χ1) is 33.7. The van der Waals surface area contributed by atoms with Crippen molar-refractivity contribution in [2.75, 3.05) is 4.90 Å². The highest BCUT2D eigenvalue weighted by Crippen LogP contribution is 2.48. The van der Waals surface area contributed by atoms with Crippen molar-refractivity contribution >= 4 is 93.5 Å². The lowest BCUT2D eigenvalue weighted by molar-refractivity contribution is 0.669. The van der Waals surface area contributed by atoms with Crippen molar-refractivity contribution in [1.82, 2.24) is 4.57 Å². The molecule has 0 atom stereocenters. The standard InChI is InChI=1S/C64H40N2O2/c1-2-21-48-41(15-1)16-13-26-49(48)42-33-35-45(36-34-42)65(46-19-11-17-43(39-46)50-27-14-28-55-53-24-5-9-31-60(53)67-63(50)55)59-38-37-56-54-25-6-10-32-61(54)68-64(56)62(59)44-18-12-20-47(40-44)66-57-29-7-3-22-51(57)52-23-4-8-30-58(52)66/h1-40H. The first-order valence-corrected chi connectivity index (χ1v) is 23.2. The van der Waals surface area contributed by atoms with Gasteiger partial charge in [-0.2, -0.15) is 0 Å². The molecule has 4 nitrogen and oxygen atoms in total. The van der Waals surface area contributed by atoms with E-state index in [2.05, 4.69) is 234 Å². The molecule has 0 spiro atoms. The van der Waals surface area contributed by atoms with Crippen LogP contribution in [0.1, 0.15) is 0 Å². The van der Waals surface area contributed by atoms with Crippen molar-refractivity contribution in [2.24, 2.45) is 0 Å². The van der Waals surface area contributed by atoms with Crippen LogP contribution < -0.4 is 4.90 Å². The van der Waals surface area contributed by atoms with Gasteiger partial charge in [0.25, 0.3) is 0 Å². The first-order valence-electron chi connectivity index (χ1n) is 23.2. The van der Waals surface area contributed by atoms with Gasteiger partial charge in [-0.15, -0.1) is 0 Å². The summed E-state index contributed by atoms with van der Waals surface area (Å²) >= 11 is 0. The van der Waals surface area contributed by atoms with Crippen LogP contribution in [0.15, 0.2) is 251 Å². The lowest BCUT2D eigenvalue weighted by Gasteiger charge is -2.29. The van der Waals surface area contributed by atoms with Crippen LogP contribution in [-0.2, 0) is 0 Å². The minimum atomic E-state index is 0.837. The van der Waals surface area contributed by atoms with Gasteiger partial charge in [0.05, 0.1) is 16.7 Å². The summed E-state index contributed by atoms with van der Waals surface area (Å²) < 4.78 is 16.0. The van der Waals surface area contributed by atoms with Gasteiger partial charge in [-0.3, -0.25) is 0 Å². The second-order valence-corrected chi connectivity index (χ2v) is 17.6. The second kappa shape index (κ2) is 15.2. The van der Waals surface area contributed by atoms with Gasteiger partial charge < -0.3 is 18.3 Å². The Morgan fingerprint density at radius 1 is 0.324 bits per heavy atom. The zero-order chi connectivity index (χ0) is 44.7. The molecule has 0 amide bonds. The van der Waals surface area contributed by atoms with E-state index in [-0.39, 0.29) is 0 Å². The van der Waals surface area contributed by atoms with Gasteiger partial charge in [-0.1, -0.05) is 170 Å². The van der Waals surface area contributed by atoms with E-state index in [0.717, 1.165) is 105 Å². The van der Waals surface area contributed by atoms with Crippen molar-refractivity contribution in [2.45, 2.75) is 0 Å². The summed E-state index contributed by atoms with van der Waals surface area (Å²) in [6.07, 6.45) is 0. The summed E-state index contributed by atoms with van der Waals surface area (Å²) in [4.78, 5) is 2.39. The van der Waals surface area contributed by atoms with Crippen molar-refractivity contribution in [3.63, 3.8) is 0 Å². The average molecular weight is 869 g/mol. The number of nitrogens with zero attached hydrogens (tertiary/aromatic N) is 2. The van der Waals surface area contributed by atoms with Crippen LogP contribution in [-0.4, -0.2) is 4.57 Å². The molecule has 0 unspecified atom stereocenters. The Labute approximate surface area is 391 Å². The van der Waals surface area contributed by atoms with Crippen LogP contribution in [0, 0.1) is 0 Å². The maximum Gasteiger partial charge on any atom is 0.145 e. The second-order valence-electron chi connectivity index (χ2n) is 17.6. The number of rotatable bonds is 7. The lowest BCUT2D eigenvalue weighted by Crippen LogP contribution is -2.11. The Balaban J connectivity index is 1.02. The Morgan fingerprint density at radius 2 is 0.882 bits per heavy atom. The van der Waals surface area contributed by atoms with Crippen LogP contribution in [0.4, 0.5) is 17.1 Å². The molecule has 0 radical (unpaired) electrons. The third-order valence-corrected chi connectivity index (χ3v) is 13.8. The Hall–Kier alpha value is -9.12. The van der Waals surface area contributed by atoms with Crippen molar-refractivity contribution in [1.29, 1.82) is 0 Å². The van der Waals surface area contributed by atoms with Gasteiger partial charge in [0.15, 0.2) is 0 Å². The zero-order valence-electron chi connectivity index (χ0n) is 36.8. The molecule has 0 fully saturated rings. The molecular weight excluding hydrogens is 829 g/mol. The highest BCUT2D eigenvalue weighted by atomic mass is 16.3. The predicted molar refractivity (Wildman–Crippen MR) is 284 cm³/mol. The van der Waals surface area contributed by atoms with Crippen LogP contribution in [0.2, 0.25) is 0 Å². The normalized spacial score (nSPS) is 11.8. The minimum absolute atomic E-state index is 0.837. The monoisotopic (exact) mass is 868 g/mol. The molecule has 0 N–H and O–H groups in total. The number of hydrogen-bond donors (Lipinski definition) is 0. The highest BCUT2D eigenvalue weighted by molar-refractivity contribution is 6.14. The summed E-state index contributed by atoms with van der Waals surface area (Å²) in [7, 11) is 0. The van der Waals surface area contributed by atoms with E-state index in [1.165, 1.54) is 27.1 Å². The molecule has 4 heteroatoms. The number of furan rings is 2. The molecule has 0 aliphatic heterocycles. The number of benzene rings is 11. The summed E-state index contributed by atoms with van der Waals surface area (Å²) in [5, 5.41) is 9.27. The average Bonchev–Trinajstić information content (AvgIpc) is 4.09. The molecule has 3 aromatic heterocycles. The van der Waals surface area contributed by atoms with Gasteiger partial charge in [0.1, 0.15) is 22.3 Å². The zero-order valence-corrected chi connectivity index (χ0v) is 36.8. The first kappa shape index (κ1) is 38.2. The summed E-state index contributed by atoms with van der Waals surface area (Å²) in [6.45, 7) is 0. The van der Waals surface area contributed by atoms with E-state index in [4.69, 9.17) is 8.83 Å². The predicted octanol–water partition coefficient (Wildman–Crippen LogP) is 18.2. The largest absolute Gasteiger partial charge is 0.455 e. The lowest BCUT2D eigenvalue weighted by atomic mass is 9.96. The molecule has 68 heavy (non-hydrogen) atoms. The maximum atomic E-state index is 7.01. The Kier molecular flexibility index (Phi) is 8.55. The molecule has 318 valence electrons. The molecular formula is C64H40N2O2.